The van der Waals surface area contributed by atoms with Crippen molar-refractivity contribution in [3.63, 3.8) is 0 Å². The number of anilines is 1. The zero-order chi connectivity index (χ0) is 22.0. The van der Waals surface area contributed by atoms with Crippen LogP contribution in [0.4, 0.5) is 5.69 Å². The van der Waals surface area contributed by atoms with Gasteiger partial charge in [0.1, 0.15) is 5.69 Å². The Balaban J connectivity index is 1.70. The van der Waals surface area contributed by atoms with Gasteiger partial charge in [-0.1, -0.05) is 47.2 Å². The molecule has 158 valence electrons. The van der Waals surface area contributed by atoms with Gasteiger partial charge in [0.2, 0.25) is 4.96 Å². The first-order valence-corrected chi connectivity index (χ1v) is 11.2. The van der Waals surface area contributed by atoms with Crippen LogP contribution >= 0.6 is 22.9 Å². The van der Waals surface area contributed by atoms with Gasteiger partial charge in [0.25, 0.3) is 11.1 Å². The largest absolute Gasteiger partial charge is 0.372 e. The van der Waals surface area contributed by atoms with Crippen LogP contribution in [0.1, 0.15) is 30.7 Å². The summed E-state index contributed by atoms with van der Waals surface area (Å²) in [4.78, 5) is 31.9. The molecule has 0 N–H and O–H groups in total. The van der Waals surface area contributed by atoms with Gasteiger partial charge < -0.3 is 4.90 Å². The normalized spacial score (nSPS) is 11.9. The molecule has 0 aliphatic rings. The first kappa shape index (κ1) is 21.2. The molecule has 0 unspecified atom stereocenters. The van der Waals surface area contributed by atoms with E-state index in [1.54, 1.807) is 18.2 Å². The number of rotatable bonds is 6. The van der Waals surface area contributed by atoms with E-state index in [1.807, 2.05) is 36.4 Å². The van der Waals surface area contributed by atoms with Gasteiger partial charge in [-0.25, -0.2) is 0 Å². The van der Waals surface area contributed by atoms with E-state index in [1.165, 1.54) is 4.52 Å². The van der Waals surface area contributed by atoms with Gasteiger partial charge in [0, 0.05) is 30.2 Å². The maximum absolute atomic E-state index is 12.9. The van der Waals surface area contributed by atoms with E-state index in [2.05, 4.69) is 28.8 Å². The summed E-state index contributed by atoms with van der Waals surface area (Å²) in [6.07, 6.45) is 2.09. The Hall–Kier alpha value is -3.03. The molecule has 0 atom stereocenters. The van der Waals surface area contributed by atoms with E-state index in [0.717, 1.165) is 41.2 Å². The van der Waals surface area contributed by atoms with Crippen LogP contribution < -0.4 is 20.6 Å². The smallest absolute Gasteiger partial charge is 0.296 e. The van der Waals surface area contributed by atoms with Gasteiger partial charge in [0.15, 0.2) is 0 Å². The first-order valence-electron chi connectivity index (χ1n) is 10.0. The summed E-state index contributed by atoms with van der Waals surface area (Å²) in [6, 6.07) is 15.2. The van der Waals surface area contributed by atoms with Gasteiger partial charge in [0.05, 0.1) is 4.53 Å². The van der Waals surface area contributed by atoms with Gasteiger partial charge in [-0.3, -0.25) is 9.59 Å². The minimum atomic E-state index is -0.425. The van der Waals surface area contributed by atoms with Crippen molar-refractivity contribution in [1.82, 2.24) is 14.6 Å². The number of hydrogen-bond acceptors (Lipinski definition) is 6. The molecule has 2 aromatic heterocycles. The summed E-state index contributed by atoms with van der Waals surface area (Å²) >= 11 is 7.08. The van der Waals surface area contributed by atoms with Crippen LogP contribution in [0.3, 0.4) is 0 Å². The van der Waals surface area contributed by atoms with E-state index in [-0.39, 0.29) is 17.7 Å². The van der Waals surface area contributed by atoms with E-state index in [9.17, 15) is 9.59 Å². The molecule has 6 nitrogen and oxygen atoms in total. The van der Waals surface area contributed by atoms with Crippen LogP contribution in [0.15, 0.2) is 58.1 Å². The molecule has 4 rings (SSSR count). The van der Waals surface area contributed by atoms with E-state index < -0.39 is 5.56 Å². The average Bonchev–Trinajstić information content (AvgIpc) is 3.06. The number of halogens is 1. The Morgan fingerprint density at radius 1 is 1.03 bits per heavy atom. The third-order valence-electron chi connectivity index (χ3n) is 5.05. The molecule has 2 heterocycles. The third-order valence-corrected chi connectivity index (χ3v) is 6.27. The lowest BCUT2D eigenvalue weighted by Crippen LogP contribution is -2.28. The Morgan fingerprint density at radius 3 is 2.35 bits per heavy atom. The average molecular weight is 453 g/mol. The minimum absolute atomic E-state index is 0.227. The Kier molecular flexibility index (Phi) is 6.15. The van der Waals surface area contributed by atoms with E-state index >= 15 is 0 Å². The number of thiazole rings is 1. The second-order valence-corrected chi connectivity index (χ2v) is 8.49. The maximum Gasteiger partial charge on any atom is 0.296 e. The summed E-state index contributed by atoms with van der Waals surface area (Å²) < 4.78 is 1.70. The Bertz CT molecular complexity index is 1370. The zero-order valence-electron chi connectivity index (χ0n) is 17.2. The predicted molar refractivity (Wildman–Crippen MR) is 126 cm³/mol. The van der Waals surface area contributed by atoms with Crippen molar-refractivity contribution in [2.75, 3.05) is 18.0 Å². The molecule has 0 amide bonds. The monoisotopic (exact) mass is 452 g/mol. The van der Waals surface area contributed by atoms with Crippen LogP contribution in [0.25, 0.3) is 11.0 Å². The lowest BCUT2D eigenvalue weighted by atomic mass is 10.1. The molecule has 0 aliphatic carbocycles. The summed E-state index contributed by atoms with van der Waals surface area (Å²) in [5.74, 6) is 0. The molecule has 31 heavy (non-hydrogen) atoms. The second kappa shape index (κ2) is 8.99. The van der Waals surface area contributed by atoms with Crippen LogP contribution in [-0.2, 0) is 6.42 Å². The molecule has 4 aromatic rings. The highest BCUT2D eigenvalue weighted by atomic mass is 35.5. The summed E-state index contributed by atoms with van der Waals surface area (Å²) in [5.41, 5.74) is 2.44. The standard InChI is InChI=1S/C23H21ClN4O2S/c1-3-27(4-2)18-11-7-16(8-12-18)14-20-22(30)28-23(31-20)25-21(29)19(26-28)13-15-5-9-17(24)10-6-15/h5-12,14H,3-4,13H2,1-2H3/b20-14-. The van der Waals surface area contributed by atoms with Crippen molar-refractivity contribution in [2.24, 2.45) is 0 Å². The number of nitrogens with zero attached hydrogens (tertiary/aromatic N) is 4. The SMILES string of the molecule is CCN(CC)c1ccc(/C=c2\sc3nc(=O)c(Cc4ccc(Cl)cc4)nn3c2=O)cc1. The molecule has 0 saturated heterocycles. The topological polar surface area (TPSA) is 67.6 Å². The fourth-order valence-corrected chi connectivity index (χ4v) is 4.40. The molecule has 0 radical (unpaired) electrons. The van der Waals surface area contributed by atoms with Crippen LogP contribution in [0.2, 0.25) is 5.02 Å². The molecule has 0 saturated carbocycles. The van der Waals surface area contributed by atoms with Crippen molar-refractivity contribution in [3.05, 3.63) is 95.6 Å². The van der Waals surface area contributed by atoms with E-state index in [4.69, 9.17) is 11.6 Å². The van der Waals surface area contributed by atoms with Crippen LogP contribution in [0.5, 0.6) is 0 Å². The molecule has 0 spiro atoms. The van der Waals surface area contributed by atoms with E-state index in [0.29, 0.717) is 14.5 Å². The predicted octanol–water partition coefficient (Wildman–Crippen LogP) is 3.15. The maximum atomic E-state index is 12.9. The number of hydrogen-bond donors (Lipinski definition) is 0. The highest BCUT2D eigenvalue weighted by molar-refractivity contribution is 7.15. The molecule has 8 heteroatoms. The fourth-order valence-electron chi connectivity index (χ4n) is 3.37. The van der Waals surface area contributed by atoms with Crippen molar-refractivity contribution in [1.29, 1.82) is 0 Å². The lowest BCUT2D eigenvalue weighted by Gasteiger charge is -2.20. The van der Waals surface area contributed by atoms with Crippen molar-refractivity contribution in [3.8, 4) is 0 Å². The van der Waals surface area contributed by atoms with Gasteiger partial charge >= 0.3 is 0 Å². The molecule has 0 aliphatic heterocycles. The minimum Gasteiger partial charge on any atom is -0.372 e. The summed E-state index contributed by atoms with van der Waals surface area (Å²) in [6.45, 7) is 6.11. The summed E-state index contributed by atoms with van der Waals surface area (Å²) in [5, 5.41) is 4.91. The lowest BCUT2D eigenvalue weighted by molar-refractivity contribution is 0.811. The molecular formula is C23H21ClN4O2S. The van der Waals surface area contributed by atoms with Crippen molar-refractivity contribution >= 4 is 39.7 Å². The first-order chi connectivity index (χ1) is 15.0. The fraction of sp³-hybridized carbons (Fsp3) is 0.217. The third kappa shape index (κ3) is 4.52. The van der Waals surface area contributed by atoms with Crippen molar-refractivity contribution in [2.45, 2.75) is 20.3 Å². The van der Waals surface area contributed by atoms with Gasteiger partial charge in [-0.2, -0.15) is 14.6 Å². The van der Waals surface area contributed by atoms with Gasteiger partial charge in [-0.15, -0.1) is 0 Å². The Labute approximate surface area is 188 Å². The number of fused-ring (bicyclic) bond motifs is 1. The number of aromatic nitrogens is 3. The molecule has 0 bridgehead atoms. The molecular weight excluding hydrogens is 432 g/mol. The summed E-state index contributed by atoms with van der Waals surface area (Å²) in [7, 11) is 0. The zero-order valence-corrected chi connectivity index (χ0v) is 18.8. The Morgan fingerprint density at radius 2 is 1.71 bits per heavy atom. The highest BCUT2D eigenvalue weighted by Gasteiger charge is 2.12. The molecule has 2 aromatic carbocycles. The van der Waals surface area contributed by atoms with Crippen LogP contribution in [-0.4, -0.2) is 27.7 Å². The number of benzene rings is 2. The highest BCUT2D eigenvalue weighted by Crippen LogP contribution is 2.15. The van der Waals surface area contributed by atoms with Crippen LogP contribution in [0, 0.1) is 0 Å². The quantitative estimate of drug-likeness (QED) is 0.449. The molecule has 0 fully saturated rings. The van der Waals surface area contributed by atoms with Crippen molar-refractivity contribution < 1.29 is 0 Å². The van der Waals surface area contributed by atoms with Gasteiger partial charge in [-0.05, 0) is 55.3 Å². The second-order valence-electron chi connectivity index (χ2n) is 7.04.